The number of hydrogen-bond acceptors (Lipinski definition) is 9. The highest BCUT2D eigenvalue weighted by atomic mass is 16.6. The molecule has 2 aromatic rings. The third-order valence-electron chi connectivity index (χ3n) is 6.46. The molecule has 0 saturated carbocycles. The Labute approximate surface area is 205 Å². The van der Waals surface area contributed by atoms with Gasteiger partial charge in [-0.25, -0.2) is 4.98 Å². The highest BCUT2D eigenvalue weighted by Gasteiger charge is 2.29. The van der Waals surface area contributed by atoms with Gasteiger partial charge in [-0.3, -0.25) is 5.41 Å². The van der Waals surface area contributed by atoms with E-state index < -0.39 is 0 Å². The molecule has 0 radical (unpaired) electrons. The van der Waals surface area contributed by atoms with E-state index in [2.05, 4.69) is 14.8 Å². The number of anilines is 2. The second kappa shape index (κ2) is 10.6. The Balaban J connectivity index is 1.26. The van der Waals surface area contributed by atoms with Crippen LogP contribution in [0.25, 0.3) is 0 Å². The van der Waals surface area contributed by atoms with Gasteiger partial charge in [-0.05, 0) is 12.1 Å². The number of aromatic nitrogens is 1. The summed E-state index contributed by atoms with van der Waals surface area (Å²) in [5, 5.41) is 8.49. The number of ether oxygens (including phenoxy) is 6. The molecule has 1 aromatic heterocycles. The van der Waals surface area contributed by atoms with E-state index in [0.717, 1.165) is 35.8 Å². The highest BCUT2D eigenvalue weighted by molar-refractivity contribution is 5.80. The lowest BCUT2D eigenvalue weighted by Gasteiger charge is -2.32. The first-order chi connectivity index (χ1) is 17.1. The van der Waals surface area contributed by atoms with Gasteiger partial charge in [0.25, 0.3) is 5.88 Å². The molecule has 3 aliphatic heterocycles. The fraction of sp³-hybridized carbons (Fsp3) is 0.520. The van der Waals surface area contributed by atoms with Gasteiger partial charge in [0.05, 0.1) is 76.6 Å². The van der Waals surface area contributed by atoms with E-state index in [-0.39, 0.29) is 12.2 Å². The number of nitrogens with zero attached hydrogens (tertiary/aromatic N) is 3. The van der Waals surface area contributed by atoms with Crippen molar-refractivity contribution in [2.24, 2.45) is 0 Å². The molecule has 10 heteroatoms. The lowest BCUT2D eigenvalue weighted by molar-refractivity contribution is -0.0852. The Kier molecular flexibility index (Phi) is 7.10. The summed E-state index contributed by atoms with van der Waals surface area (Å²) in [5.74, 6) is 3.17. The Morgan fingerprint density at radius 3 is 2.86 bits per heavy atom. The number of methoxy groups -OCH3 is 2. The largest absolute Gasteiger partial charge is 0.491 e. The van der Waals surface area contributed by atoms with Gasteiger partial charge in [-0.2, -0.15) is 0 Å². The van der Waals surface area contributed by atoms with Crippen LogP contribution in [0.15, 0.2) is 30.5 Å². The van der Waals surface area contributed by atoms with Crippen molar-refractivity contribution in [3.05, 3.63) is 30.5 Å². The van der Waals surface area contributed by atoms with Gasteiger partial charge in [0, 0.05) is 31.5 Å². The Hall–Kier alpha value is -3.24. The lowest BCUT2D eigenvalue weighted by Crippen LogP contribution is -2.37. The van der Waals surface area contributed by atoms with Gasteiger partial charge in [0.1, 0.15) is 24.2 Å². The van der Waals surface area contributed by atoms with E-state index in [1.165, 1.54) is 0 Å². The minimum absolute atomic E-state index is 0.0117. The molecular weight excluding hydrogens is 452 g/mol. The molecule has 188 valence electrons. The molecule has 4 heterocycles. The van der Waals surface area contributed by atoms with Gasteiger partial charge >= 0.3 is 0 Å². The molecule has 1 N–H and O–H groups in total. The van der Waals surface area contributed by atoms with E-state index in [9.17, 15) is 0 Å². The van der Waals surface area contributed by atoms with Gasteiger partial charge in [0.15, 0.2) is 5.75 Å². The Morgan fingerprint density at radius 2 is 2.06 bits per heavy atom. The van der Waals surface area contributed by atoms with Crippen molar-refractivity contribution in [3.63, 3.8) is 0 Å². The van der Waals surface area contributed by atoms with Crippen LogP contribution < -0.4 is 23.8 Å². The first-order valence-corrected chi connectivity index (χ1v) is 12.0. The number of fused-ring (bicyclic) bond motifs is 1. The Morgan fingerprint density at radius 1 is 1.14 bits per heavy atom. The smallest absolute Gasteiger partial charge is 0.256 e. The molecule has 0 spiro atoms. The van der Waals surface area contributed by atoms with Crippen molar-refractivity contribution in [2.45, 2.75) is 25.0 Å². The summed E-state index contributed by atoms with van der Waals surface area (Å²) in [4.78, 5) is 8.60. The zero-order chi connectivity index (χ0) is 24.2. The third kappa shape index (κ3) is 5.23. The van der Waals surface area contributed by atoms with E-state index in [4.69, 9.17) is 33.8 Å². The van der Waals surface area contributed by atoms with Gasteiger partial charge in [-0.15, -0.1) is 0 Å². The predicted octanol–water partition coefficient (Wildman–Crippen LogP) is 2.87. The molecule has 0 aliphatic carbocycles. The number of nitrogens with one attached hydrogen (secondary N) is 1. The number of amidine groups is 1. The average Bonchev–Trinajstić information content (AvgIpc) is 3.37. The fourth-order valence-electron chi connectivity index (χ4n) is 4.67. The van der Waals surface area contributed by atoms with E-state index >= 15 is 0 Å². The van der Waals surface area contributed by atoms with E-state index in [1.807, 2.05) is 24.3 Å². The van der Waals surface area contributed by atoms with Crippen molar-refractivity contribution in [1.82, 2.24) is 9.88 Å². The van der Waals surface area contributed by atoms with Crippen LogP contribution in [-0.4, -0.2) is 88.2 Å². The standard InChI is InChI=1S/C25H32N4O6/c1-30-23-11-17(14-27-25(23)31-2)29-7-8-34-22-4-3-18(12-21(22)29)35-19-5-6-28(15-19)24(26)13-20-16-32-9-10-33-20/h3-4,11-12,14,19-20,26H,5-10,13,15-16H2,1-2H3/t19-,20?/m0/s1. The van der Waals surface area contributed by atoms with E-state index in [0.29, 0.717) is 63.4 Å². The van der Waals surface area contributed by atoms with Gasteiger partial charge in [-0.1, -0.05) is 0 Å². The van der Waals surface area contributed by atoms with Crippen LogP contribution in [0.1, 0.15) is 12.8 Å². The highest BCUT2D eigenvalue weighted by Crippen LogP contribution is 2.41. The van der Waals surface area contributed by atoms with Crippen LogP contribution >= 0.6 is 0 Å². The first-order valence-electron chi connectivity index (χ1n) is 12.0. The van der Waals surface area contributed by atoms with Gasteiger partial charge in [0.2, 0.25) is 0 Å². The first kappa shape index (κ1) is 23.5. The maximum Gasteiger partial charge on any atom is 0.256 e. The predicted molar refractivity (Wildman–Crippen MR) is 130 cm³/mol. The van der Waals surface area contributed by atoms with Crippen LogP contribution in [0.3, 0.4) is 0 Å². The second-order valence-corrected chi connectivity index (χ2v) is 8.73. The van der Waals surface area contributed by atoms with Crippen molar-refractivity contribution < 1.29 is 28.4 Å². The SMILES string of the molecule is COc1cc(N2CCOc3ccc(O[C@H]4CCN(C(=N)CC5COCCO5)C4)cc32)cnc1OC. The van der Waals surface area contributed by atoms with Crippen molar-refractivity contribution >= 4 is 17.2 Å². The summed E-state index contributed by atoms with van der Waals surface area (Å²) in [5.41, 5.74) is 1.80. The summed E-state index contributed by atoms with van der Waals surface area (Å²) in [6.07, 6.45) is 3.18. The number of hydrogen-bond donors (Lipinski definition) is 1. The minimum Gasteiger partial charge on any atom is -0.491 e. The summed E-state index contributed by atoms with van der Waals surface area (Å²) >= 11 is 0. The molecule has 10 nitrogen and oxygen atoms in total. The number of benzene rings is 1. The van der Waals surface area contributed by atoms with Crippen molar-refractivity contribution in [1.29, 1.82) is 5.41 Å². The lowest BCUT2D eigenvalue weighted by atomic mass is 10.2. The Bertz CT molecular complexity index is 1040. The topological polar surface area (TPSA) is 98.6 Å². The number of likely N-dealkylation sites (tertiary alicyclic amines) is 1. The summed E-state index contributed by atoms with van der Waals surface area (Å²) in [7, 11) is 3.17. The van der Waals surface area contributed by atoms with E-state index in [1.54, 1.807) is 20.4 Å². The van der Waals surface area contributed by atoms with Crippen molar-refractivity contribution in [3.8, 4) is 23.1 Å². The fourth-order valence-corrected chi connectivity index (χ4v) is 4.67. The van der Waals surface area contributed by atoms with Crippen LogP contribution in [0, 0.1) is 5.41 Å². The zero-order valence-corrected chi connectivity index (χ0v) is 20.2. The number of pyridine rings is 1. The molecule has 1 aromatic carbocycles. The summed E-state index contributed by atoms with van der Waals surface area (Å²) < 4.78 is 34.1. The van der Waals surface area contributed by atoms with Crippen LogP contribution in [-0.2, 0) is 9.47 Å². The average molecular weight is 485 g/mol. The maximum atomic E-state index is 8.49. The third-order valence-corrected chi connectivity index (χ3v) is 6.46. The van der Waals surface area contributed by atoms with Gasteiger partial charge < -0.3 is 38.2 Å². The monoisotopic (exact) mass is 484 g/mol. The normalized spacial score (nSPS) is 21.8. The molecule has 35 heavy (non-hydrogen) atoms. The van der Waals surface area contributed by atoms with Crippen LogP contribution in [0.2, 0.25) is 0 Å². The maximum absolute atomic E-state index is 8.49. The molecule has 0 amide bonds. The molecule has 1 unspecified atom stereocenters. The molecule has 0 bridgehead atoms. The van der Waals surface area contributed by atoms with Crippen LogP contribution in [0.5, 0.6) is 23.1 Å². The zero-order valence-electron chi connectivity index (χ0n) is 20.2. The second-order valence-electron chi connectivity index (χ2n) is 8.73. The summed E-state index contributed by atoms with van der Waals surface area (Å²) in [6.45, 7) is 4.51. The molecule has 2 atom stereocenters. The number of rotatable bonds is 7. The summed E-state index contributed by atoms with van der Waals surface area (Å²) in [6, 6.07) is 7.80. The molecule has 5 rings (SSSR count). The van der Waals surface area contributed by atoms with Crippen molar-refractivity contribution in [2.75, 3.05) is 65.2 Å². The minimum atomic E-state index is -0.0334. The van der Waals surface area contributed by atoms with Crippen LogP contribution in [0.4, 0.5) is 11.4 Å². The molecular formula is C25H32N4O6. The molecule has 2 fully saturated rings. The molecule has 3 aliphatic rings. The quantitative estimate of drug-likeness (QED) is 0.470. The molecule has 2 saturated heterocycles.